The second-order valence-corrected chi connectivity index (χ2v) is 9.22. The van der Waals surface area contributed by atoms with Gasteiger partial charge < -0.3 is 9.47 Å². The standard InChI is InChI=1S/C21H22N4O6S/c1-12(2)18(22-19-14-5-3-4-6-17(14)32(28,29)25-19)21(27)24-23-20(26)13-7-8-15-16(11-13)31-10-9-30-15/h3-8,11-12,18H,9-10H2,1-2H3,(H,22,25)(H,23,26)(H,24,27)/t18-/m0/s1. The number of nitrogens with one attached hydrogen (secondary N) is 3. The van der Waals surface area contributed by atoms with E-state index in [2.05, 4.69) is 20.6 Å². The molecule has 0 unspecified atom stereocenters. The fraction of sp³-hybridized carbons (Fsp3) is 0.286. The number of nitrogens with zero attached hydrogens (tertiary/aromatic N) is 1. The number of fused-ring (bicyclic) bond motifs is 2. The van der Waals surface area contributed by atoms with Crippen molar-refractivity contribution >= 4 is 27.7 Å². The first-order chi connectivity index (χ1) is 15.3. The van der Waals surface area contributed by atoms with Crippen molar-refractivity contribution < 1.29 is 27.5 Å². The molecule has 0 spiro atoms. The summed E-state index contributed by atoms with van der Waals surface area (Å²) in [5.41, 5.74) is 5.40. The van der Waals surface area contributed by atoms with Crippen LogP contribution in [-0.2, 0) is 14.8 Å². The number of amides is 2. The Kier molecular flexibility index (Phi) is 5.74. The number of hydrazine groups is 1. The van der Waals surface area contributed by atoms with E-state index in [1.54, 1.807) is 44.2 Å². The molecule has 0 radical (unpaired) electrons. The van der Waals surface area contributed by atoms with Crippen molar-refractivity contribution in [1.82, 2.24) is 15.6 Å². The number of hydrogen-bond donors (Lipinski definition) is 3. The van der Waals surface area contributed by atoms with Gasteiger partial charge in [-0.1, -0.05) is 26.0 Å². The van der Waals surface area contributed by atoms with Crippen molar-refractivity contribution in [3.8, 4) is 11.5 Å². The molecule has 2 aromatic carbocycles. The highest BCUT2D eigenvalue weighted by Gasteiger charge is 2.32. The first-order valence-corrected chi connectivity index (χ1v) is 11.4. The maximum atomic E-state index is 12.8. The molecule has 0 saturated carbocycles. The predicted octanol–water partition coefficient (Wildman–Crippen LogP) is 0.982. The third-order valence-corrected chi connectivity index (χ3v) is 6.33. The van der Waals surface area contributed by atoms with Crippen LogP contribution in [0, 0.1) is 5.92 Å². The maximum Gasteiger partial charge on any atom is 0.269 e. The fourth-order valence-corrected chi connectivity index (χ4v) is 4.57. The third-order valence-electron chi connectivity index (χ3n) is 4.93. The molecular formula is C21H22N4O6S. The van der Waals surface area contributed by atoms with Crippen LogP contribution in [0.4, 0.5) is 0 Å². The summed E-state index contributed by atoms with van der Waals surface area (Å²) in [6.45, 7) is 4.37. The van der Waals surface area contributed by atoms with Crippen LogP contribution in [0.2, 0.25) is 0 Å². The number of hydrogen-bond acceptors (Lipinski definition) is 7. The maximum absolute atomic E-state index is 12.8. The summed E-state index contributed by atoms with van der Waals surface area (Å²) in [7, 11) is -3.73. The largest absolute Gasteiger partial charge is 0.486 e. The second-order valence-electron chi connectivity index (χ2n) is 7.57. The van der Waals surface area contributed by atoms with Crippen molar-refractivity contribution in [1.29, 1.82) is 0 Å². The molecule has 4 rings (SSSR count). The number of benzene rings is 2. The lowest BCUT2D eigenvalue weighted by Gasteiger charge is -2.19. The Hall–Kier alpha value is -3.60. The lowest BCUT2D eigenvalue weighted by atomic mass is 10.0. The minimum atomic E-state index is -3.73. The van der Waals surface area contributed by atoms with Gasteiger partial charge in [-0.15, -0.1) is 0 Å². The van der Waals surface area contributed by atoms with Crippen LogP contribution in [0.1, 0.15) is 29.8 Å². The van der Waals surface area contributed by atoms with Crippen LogP contribution in [0.3, 0.4) is 0 Å². The predicted molar refractivity (Wildman–Crippen MR) is 115 cm³/mol. The number of amidine groups is 1. The normalized spacial score (nSPS) is 17.9. The Balaban J connectivity index is 1.48. The first kappa shape index (κ1) is 21.6. The van der Waals surface area contributed by atoms with Gasteiger partial charge in [0.1, 0.15) is 25.1 Å². The monoisotopic (exact) mass is 458 g/mol. The molecule has 1 atom stereocenters. The SMILES string of the molecule is CC(C)[C@H](N=C1NS(=O)(=O)c2ccccc21)C(=O)NNC(=O)c1ccc2c(c1)OCCO2. The molecule has 11 heteroatoms. The number of rotatable bonds is 4. The summed E-state index contributed by atoms with van der Waals surface area (Å²) in [6.07, 6.45) is 0. The van der Waals surface area contributed by atoms with E-state index in [1.807, 2.05) is 0 Å². The van der Waals surface area contributed by atoms with Gasteiger partial charge in [0.2, 0.25) is 0 Å². The van der Waals surface area contributed by atoms with Crippen LogP contribution < -0.4 is 25.0 Å². The topological polar surface area (TPSA) is 135 Å². The van der Waals surface area contributed by atoms with E-state index in [4.69, 9.17) is 9.47 Å². The number of aliphatic imine (C=N–C) groups is 1. The van der Waals surface area contributed by atoms with Crippen LogP contribution in [0.25, 0.3) is 0 Å². The zero-order valence-corrected chi connectivity index (χ0v) is 18.2. The molecule has 0 bridgehead atoms. The van der Waals surface area contributed by atoms with E-state index in [1.165, 1.54) is 12.1 Å². The molecule has 0 fully saturated rings. The minimum absolute atomic E-state index is 0.0904. The Bertz CT molecular complexity index is 1210. The molecule has 2 aliphatic rings. The fourth-order valence-electron chi connectivity index (χ4n) is 3.33. The average molecular weight is 458 g/mol. The van der Waals surface area contributed by atoms with Crippen molar-refractivity contribution in [2.45, 2.75) is 24.8 Å². The zero-order valence-electron chi connectivity index (χ0n) is 17.4. The van der Waals surface area contributed by atoms with Gasteiger partial charge in [-0.05, 0) is 36.2 Å². The van der Waals surface area contributed by atoms with Crippen molar-refractivity contribution in [2.24, 2.45) is 10.9 Å². The van der Waals surface area contributed by atoms with E-state index >= 15 is 0 Å². The Morgan fingerprint density at radius 3 is 2.50 bits per heavy atom. The number of carbonyl (C=O) groups excluding carboxylic acids is 2. The minimum Gasteiger partial charge on any atom is -0.486 e. The quantitative estimate of drug-likeness (QED) is 0.585. The molecule has 0 aromatic heterocycles. The average Bonchev–Trinajstić information content (AvgIpc) is 3.05. The molecule has 2 amide bonds. The van der Waals surface area contributed by atoms with Gasteiger partial charge in [-0.25, -0.2) is 8.42 Å². The van der Waals surface area contributed by atoms with Crippen LogP contribution in [0.15, 0.2) is 52.4 Å². The Morgan fingerprint density at radius 1 is 1.03 bits per heavy atom. The summed E-state index contributed by atoms with van der Waals surface area (Å²) >= 11 is 0. The van der Waals surface area contributed by atoms with E-state index in [-0.39, 0.29) is 22.2 Å². The van der Waals surface area contributed by atoms with Crippen LogP contribution in [0.5, 0.6) is 11.5 Å². The molecule has 0 aliphatic carbocycles. The molecule has 3 N–H and O–H groups in total. The zero-order chi connectivity index (χ0) is 22.9. The summed E-state index contributed by atoms with van der Waals surface area (Å²) < 4.78 is 37.9. The number of sulfonamides is 1. The van der Waals surface area contributed by atoms with Crippen molar-refractivity contribution in [2.75, 3.05) is 13.2 Å². The Morgan fingerprint density at radius 2 is 1.75 bits per heavy atom. The summed E-state index contributed by atoms with van der Waals surface area (Å²) in [4.78, 5) is 29.7. The highest BCUT2D eigenvalue weighted by Crippen LogP contribution is 2.30. The van der Waals surface area contributed by atoms with Crippen molar-refractivity contribution in [3.63, 3.8) is 0 Å². The highest BCUT2D eigenvalue weighted by atomic mass is 32.2. The lowest BCUT2D eigenvalue weighted by molar-refractivity contribution is -0.123. The third kappa shape index (κ3) is 4.24. The van der Waals surface area contributed by atoms with E-state index in [9.17, 15) is 18.0 Å². The van der Waals surface area contributed by atoms with Gasteiger partial charge in [0.05, 0.1) is 4.90 Å². The molecule has 10 nitrogen and oxygen atoms in total. The van der Waals surface area contributed by atoms with Crippen molar-refractivity contribution in [3.05, 3.63) is 53.6 Å². The lowest BCUT2D eigenvalue weighted by Crippen LogP contribution is -2.47. The summed E-state index contributed by atoms with van der Waals surface area (Å²) in [5, 5.41) is 0. The number of carbonyl (C=O) groups is 2. The van der Waals surface area contributed by atoms with Gasteiger partial charge in [-0.3, -0.25) is 30.2 Å². The molecule has 2 aromatic rings. The summed E-state index contributed by atoms with van der Waals surface area (Å²) in [6, 6.07) is 10.1. The van der Waals surface area contributed by atoms with Gasteiger partial charge in [0.15, 0.2) is 11.5 Å². The van der Waals surface area contributed by atoms with Gasteiger partial charge in [-0.2, -0.15) is 0 Å². The van der Waals surface area contributed by atoms with E-state index in [0.717, 1.165) is 0 Å². The molecule has 168 valence electrons. The van der Waals surface area contributed by atoms with Gasteiger partial charge >= 0.3 is 0 Å². The second kappa shape index (κ2) is 8.50. The van der Waals surface area contributed by atoms with Gasteiger partial charge in [0, 0.05) is 11.1 Å². The Labute approximate surface area is 185 Å². The van der Waals surface area contributed by atoms with Crippen LogP contribution in [-0.4, -0.2) is 45.3 Å². The van der Waals surface area contributed by atoms with Crippen LogP contribution >= 0.6 is 0 Å². The molecule has 2 aliphatic heterocycles. The van der Waals surface area contributed by atoms with E-state index < -0.39 is 27.9 Å². The first-order valence-electron chi connectivity index (χ1n) is 9.96. The number of ether oxygens (including phenoxy) is 2. The molecule has 2 heterocycles. The molecular weight excluding hydrogens is 436 g/mol. The highest BCUT2D eigenvalue weighted by molar-refractivity contribution is 7.90. The smallest absolute Gasteiger partial charge is 0.269 e. The summed E-state index contributed by atoms with van der Waals surface area (Å²) in [5.74, 6) is -0.307. The molecule has 32 heavy (non-hydrogen) atoms. The van der Waals surface area contributed by atoms with Gasteiger partial charge in [0.25, 0.3) is 21.8 Å². The molecule has 0 saturated heterocycles. The van der Waals surface area contributed by atoms with E-state index in [0.29, 0.717) is 30.3 Å².